The van der Waals surface area contributed by atoms with Crippen LogP contribution in [-0.4, -0.2) is 25.3 Å². The van der Waals surface area contributed by atoms with Crippen LogP contribution in [0.1, 0.15) is 13.8 Å². The van der Waals surface area contributed by atoms with Gasteiger partial charge in [0.15, 0.2) is 0 Å². The second-order valence-electron chi connectivity index (χ2n) is 3.70. The van der Waals surface area contributed by atoms with E-state index in [0.29, 0.717) is 4.34 Å². The largest absolute Gasteiger partial charge is 0.253 e. The smallest absolute Gasteiger partial charge is 0.206 e. The van der Waals surface area contributed by atoms with Crippen molar-refractivity contribution < 1.29 is 8.42 Å². The molecule has 7 heteroatoms. The molecular formula is C9H11ClN2O2S2. The van der Waals surface area contributed by atoms with Gasteiger partial charge in [-0.3, -0.25) is 0 Å². The topological polar surface area (TPSA) is 61.2 Å². The minimum Gasteiger partial charge on any atom is -0.206 e. The van der Waals surface area contributed by atoms with Crippen LogP contribution in [0.25, 0.3) is 0 Å². The maximum absolute atomic E-state index is 12.1. The van der Waals surface area contributed by atoms with Crippen molar-refractivity contribution in [2.75, 3.05) is 7.05 Å². The minimum absolute atomic E-state index is 0.142. The van der Waals surface area contributed by atoms with Gasteiger partial charge in [0.05, 0.1) is 10.4 Å². The Labute approximate surface area is 104 Å². The fourth-order valence-corrected chi connectivity index (χ4v) is 4.03. The molecule has 16 heavy (non-hydrogen) atoms. The standard InChI is InChI=1S/C9H11ClN2O2S2/c1-9(2,6-11)12(3)16(13,14)8-5-4-7(10)15-8/h4-5H,1-3H3. The molecule has 1 aromatic rings. The Balaban J connectivity index is 3.19. The molecule has 0 amide bonds. The van der Waals surface area contributed by atoms with Crippen LogP contribution in [0.5, 0.6) is 0 Å². The molecule has 1 rings (SSSR count). The predicted molar refractivity (Wildman–Crippen MR) is 64.0 cm³/mol. The lowest BCUT2D eigenvalue weighted by Gasteiger charge is -2.27. The molecule has 0 spiro atoms. The first-order chi connectivity index (χ1) is 7.21. The average molecular weight is 279 g/mol. The van der Waals surface area contributed by atoms with Gasteiger partial charge in [-0.25, -0.2) is 8.42 Å². The molecule has 0 saturated heterocycles. The molecular weight excluding hydrogens is 268 g/mol. The number of nitriles is 1. The molecule has 1 aromatic heterocycles. The van der Waals surface area contributed by atoms with E-state index in [1.807, 2.05) is 6.07 Å². The summed E-state index contributed by atoms with van der Waals surface area (Å²) in [7, 11) is -2.26. The van der Waals surface area contributed by atoms with E-state index in [-0.39, 0.29) is 4.21 Å². The zero-order valence-electron chi connectivity index (χ0n) is 9.06. The van der Waals surface area contributed by atoms with Gasteiger partial charge in [-0.15, -0.1) is 11.3 Å². The van der Waals surface area contributed by atoms with Crippen molar-refractivity contribution in [1.82, 2.24) is 4.31 Å². The fourth-order valence-electron chi connectivity index (χ4n) is 0.942. The molecule has 0 fully saturated rings. The summed E-state index contributed by atoms with van der Waals surface area (Å²) in [5.74, 6) is 0. The highest BCUT2D eigenvalue weighted by atomic mass is 35.5. The Morgan fingerprint density at radius 3 is 2.44 bits per heavy atom. The Bertz CT molecular complexity index is 528. The van der Waals surface area contributed by atoms with Crippen molar-refractivity contribution in [3.05, 3.63) is 16.5 Å². The second-order valence-corrected chi connectivity index (χ2v) is 7.61. The number of rotatable bonds is 3. The summed E-state index contributed by atoms with van der Waals surface area (Å²) in [6, 6.07) is 4.90. The number of thiophene rings is 1. The van der Waals surface area contributed by atoms with E-state index in [0.717, 1.165) is 15.6 Å². The van der Waals surface area contributed by atoms with E-state index in [1.54, 1.807) is 13.8 Å². The number of halogens is 1. The van der Waals surface area contributed by atoms with Crippen molar-refractivity contribution in [2.24, 2.45) is 0 Å². The molecule has 0 atom stereocenters. The van der Waals surface area contributed by atoms with Gasteiger partial charge in [-0.1, -0.05) is 11.6 Å². The molecule has 0 aliphatic heterocycles. The SMILES string of the molecule is CN(C(C)(C)C#N)S(=O)(=O)c1ccc(Cl)s1. The lowest BCUT2D eigenvalue weighted by atomic mass is 10.1. The van der Waals surface area contributed by atoms with E-state index in [1.165, 1.54) is 19.2 Å². The molecule has 0 aliphatic rings. The number of hydrogen-bond donors (Lipinski definition) is 0. The first-order valence-corrected chi connectivity index (χ1v) is 7.01. The third-order valence-corrected chi connectivity index (χ3v) is 5.95. The van der Waals surface area contributed by atoms with E-state index in [9.17, 15) is 8.42 Å². The monoisotopic (exact) mass is 278 g/mol. The maximum Gasteiger partial charge on any atom is 0.253 e. The van der Waals surface area contributed by atoms with Crippen LogP contribution in [0.3, 0.4) is 0 Å². The van der Waals surface area contributed by atoms with Gasteiger partial charge in [0.25, 0.3) is 10.0 Å². The zero-order chi connectivity index (χ0) is 12.6. The second kappa shape index (κ2) is 4.34. The number of hydrogen-bond acceptors (Lipinski definition) is 4. The zero-order valence-corrected chi connectivity index (χ0v) is 11.4. The van der Waals surface area contributed by atoms with Gasteiger partial charge in [0.2, 0.25) is 0 Å². The number of nitrogens with zero attached hydrogens (tertiary/aromatic N) is 2. The summed E-state index contributed by atoms with van der Waals surface area (Å²) >= 11 is 6.67. The highest BCUT2D eigenvalue weighted by Gasteiger charge is 2.34. The molecule has 0 N–H and O–H groups in total. The Morgan fingerprint density at radius 2 is 2.06 bits per heavy atom. The predicted octanol–water partition coefficient (Wildman–Crippen LogP) is 2.32. The maximum atomic E-state index is 12.1. The molecule has 0 saturated carbocycles. The summed E-state index contributed by atoms with van der Waals surface area (Å²) in [5.41, 5.74) is -1.09. The van der Waals surface area contributed by atoms with Crippen LogP contribution >= 0.6 is 22.9 Å². The Kier molecular flexibility index (Phi) is 3.65. The van der Waals surface area contributed by atoms with Crippen LogP contribution in [0.4, 0.5) is 0 Å². The third-order valence-electron chi connectivity index (χ3n) is 2.22. The van der Waals surface area contributed by atoms with Crippen LogP contribution in [0.2, 0.25) is 4.34 Å². The lowest BCUT2D eigenvalue weighted by Crippen LogP contribution is -2.43. The summed E-state index contributed by atoms with van der Waals surface area (Å²) in [5, 5.41) is 8.90. The first-order valence-electron chi connectivity index (χ1n) is 4.37. The van der Waals surface area contributed by atoms with Crippen LogP contribution < -0.4 is 0 Å². The molecule has 1 heterocycles. The highest BCUT2D eigenvalue weighted by molar-refractivity contribution is 7.91. The van der Waals surface area contributed by atoms with Crippen molar-refractivity contribution in [3.8, 4) is 6.07 Å². The Hall–Kier alpha value is -0.610. The van der Waals surface area contributed by atoms with Crippen molar-refractivity contribution >= 4 is 33.0 Å². The molecule has 0 bridgehead atoms. The fraction of sp³-hybridized carbons (Fsp3) is 0.444. The summed E-state index contributed by atoms with van der Waals surface area (Å²) in [6.07, 6.45) is 0. The quantitative estimate of drug-likeness (QED) is 0.852. The van der Waals surface area contributed by atoms with Gasteiger partial charge < -0.3 is 0 Å². The molecule has 4 nitrogen and oxygen atoms in total. The molecule has 0 aliphatic carbocycles. The van der Waals surface area contributed by atoms with Crippen molar-refractivity contribution in [3.63, 3.8) is 0 Å². The van der Waals surface area contributed by atoms with Gasteiger partial charge in [0, 0.05) is 7.05 Å². The van der Waals surface area contributed by atoms with E-state index < -0.39 is 15.6 Å². The van der Waals surface area contributed by atoms with Gasteiger partial charge in [-0.2, -0.15) is 9.57 Å². The first kappa shape index (κ1) is 13.5. The molecule has 0 aromatic carbocycles. The van der Waals surface area contributed by atoms with Crippen LogP contribution in [0.15, 0.2) is 16.3 Å². The average Bonchev–Trinajstić information content (AvgIpc) is 2.64. The van der Waals surface area contributed by atoms with Gasteiger partial charge >= 0.3 is 0 Å². The highest BCUT2D eigenvalue weighted by Crippen LogP contribution is 2.30. The summed E-state index contributed by atoms with van der Waals surface area (Å²) < 4.78 is 25.7. The van der Waals surface area contributed by atoms with Crippen molar-refractivity contribution in [1.29, 1.82) is 5.26 Å². The van der Waals surface area contributed by atoms with Gasteiger partial charge in [-0.05, 0) is 26.0 Å². The molecule has 88 valence electrons. The summed E-state index contributed by atoms with van der Waals surface area (Å²) in [4.78, 5) is 0. The van der Waals surface area contributed by atoms with E-state index in [4.69, 9.17) is 16.9 Å². The van der Waals surface area contributed by atoms with Gasteiger partial charge in [0.1, 0.15) is 9.75 Å². The van der Waals surface area contributed by atoms with E-state index >= 15 is 0 Å². The van der Waals surface area contributed by atoms with E-state index in [2.05, 4.69) is 0 Å². The number of sulfonamides is 1. The summed E-state index contributed by atoms with van der Waals surface area (Å²) in [6.45, 7) is 3.08. The van der Waals surface area contributed by atoms with Crippen LogP contribution in [0, 0.1) is 11.3 Å². The molecule has 0 unspecified atom stereocenters. The Morgan fingerprint density at radius 1 is 1.50 bits per heavy atom. The normalized spacial score (nSPS) is 12.8. The third kappa shape index (κ3) is 2.38. The molecule has 0 radical (unpaired) electrons. The lowest BCUT2D eigenvalue weighted by molar-refractivity contribution is 0.338. The van der Waals surface area contributed by atoms with Crippen molar-refractivity contribution in [2.45, 2.75) is 23.6 Å². The minimum atomic E-state index is -3.64. The van der Waals surface area contributed by atoms with Crippen LogP contribution in [-0.2, 0) is 10.0 Å².